The first-order valence-corrected chi connectivity index (χ1v) is 4.57. The summed E-state index contributed by atoms with van der Waals surface area (Å²) in [5.41, 5.74) is 1.46. The Bertz CT molecular complexity index is 347. The van der Waals surface area contributed by atoms with Crippen LogP contribution < -0.4 is 0 Å². The van der Waals surface area contributed by atoms with Crippen molar-refractivity contribution < 1.29 is 14.3 Å². The van der Waals surface area contributed by atoms with Gasteiger partial charge in [0.1, 0.15) is 5.82 Å². The Hall–Kier alpha value is -1.38. The van der Waals surface area contributed by atoms with Crippen LogP contribution in [-0.4, -0.2) is 11.1 Å². The third kappa shape index (κ3) is 2.10. The number of halogens is 1. The number of aliphatic carboxylic acids is 1. The summed E-state index contributed by atoms with van der Waals surface area (Å²) in [6, 6.07) is 4.30. The predicted octanol–water partition coefficient (Wildman–Crippen LogP) is 2.58. The van der Waals surface area contributed by atoms with Crippen LogP contribution in [0.5, 0.6) is 0 Å². The first-order valence-electron chi connectivity index (χ1n) is 4.57. The third-order valence-corrected chi connectivity index (χ3v) is 2.33. The number of hydrogen-bond acceptors (Lipinski definition) is 1. The molecule has 1 N–H and O–H groups in total. The summed E-state index contributed by atoms with van der Waals surface area (Å²) in [6.07, 6.45) is 0.716. The Labute approximate surface area is 82.4 Å². The molecule has 0 fully saturated rings. The second-order valence-electron chi connectivity index (χ2n) is 3.26. The highest BCUT2D eigenvalue weighted by molar-refractivity contribution is 5.76. The normalized spacial score (nSPS) is 12.5. The van der Waals surface area contributed by atoms with Crippen LogP contribution in [0.15, 0.2) is 18.2 Å². The van der Waals surface area contributed by atoms with Crippen molar-refractivity contribution in [3.8, 4) is 0 Å². The lowest BCUT2D eigenvalue weighted by Gasteiger charge is -2.11. The quantitative estimate of drug-likeness (QED) is 0.806. The summed E-state index contributed by atoms with van der Waals surface area (Å²) in [7, 11) is 0. The van der Waals surface area contributed by atoms with E-state index in [1.807, 2.05) is 6.92 Å². The minimum atomic E-state index is -0.926. The van der Waals surface area contributed by atoms with Gasteiger partial charge in [0.05, 0.1) is 5.92 Å². The maximum absolute atomic E-state index is 12.9. The molecule has 0 spiro atoms. The van der Waals surface area contributed by atoms with Crippen LogP contribution in [0.2, 0.25) is 0 Å². The fourth-order valence-corrected chi connectivity index (χ4v) is 1.42. The molecule has 0 aliphatic carbocycles. The van der Waals surface area contributed by atoms with E-state index in [-0.39, 0.29) is 5.82 Å². The van der Waals surface area contributed by atoms with Crippen LogP contribution in [-0.2, 0) is 11.2 Å². The summed E-state index contributed by atoms with van der Waals surface area (Å²) in [5, 5.41) is 8.82. The maximum Gasteiger partial charge on any atom is 0.310 e. The van der Waals surface area contributed by atoms with Crippen molar-refractivity contribution in [2.45, 2.75) is 26.2 Å². The second-order valence-corrected chi connectivity index (χ2v) is 3.26. The van der Waals surface area contributed by atoms with Gasteiger partial charge in [0.15, 0.2) is 0 Å². The summed E-state index contributed by atoms with van der Waals surface area (Å²) >= 11 is 0. The second kappa shape index (κ2) is 4.22. The molecule has 1 unspecified atom stereocenters. The number of rotatable bonds is 3. The van der Waals surface area contributed by atoms with E-state index in [9.17, 15) is 9.18 Å². The molecule has 76 valence electrons. The first-order chi connectivity index (χ1) is 6.56. The molecule has 0 amide bonds. The molecular weight excluding hydrogens is 183 g/mol. The van der Waals surface area contributed by atoms with E-state index in [4.69, 9.17) is 5.11 Å². The highest BCUT2D eigenvalue weighted by Gasteiger charge is 2.17. The van der Waals surface area contributed by atoms with Gasteiger partial charge in [-0.3, -0.25) is 4.79 Å². The van der Waals surface area contributed by atoms with E-state index in [1.54, 1.807) is 13.0 Å². The van der Waals surface area contributed by atoms with Crippen molar-refractivity contribution in [1.82, 2.24) is 0 Å². The minimum Gasteiger partial charge on any atom is -0.481 e. The molecule has 0 heterocycles. The predicted molar refractivity (Wildman–Crippen MR) is 51.8 cm³/mol. The van der Waals surface area contributed by atoms with Gasteiger partial charge in [-0.1, -0.05) is 13.0 Å². The van der Waals surface area contributed by atoms with Gasteiger partial charge in [0.2, 0.25) is 0 Å². The van der Waals surface area contributed by atoms with Gasteiger partial charge in [-0.15, -0.1) is 0 Å². The van der Waals surface area contributed by atoms with Crippen molar-refractivity contribution in [3.63, 3.8) is 0 Å². The van der Waals surface area contributed by atoms with Gasteiger partial charge < -0.3 is 5.11 Å². The smallest absolute Gasteiger partial charge is 0.310 e. The SMILES string of the molecule is CCc1ccc(F)cc1C(C)C(=O)O. The van der Waals surface area contributed by atoms with Gasteiger partial charge in [-0.25, -0.2) is 4.39 Å². The lowest BCUT2D eigenvalue weighted by atomic mass is 9.94. The molecular formula is C11H13FO2. The molecule has 3 heteroatoms. The summed E-state index contributed by atoms with van der Waals surface area (Å²) in [4.78, 5) is 10.8. The number of benzene rings is 1. The first kappa shape index (κ1) is 10.7. The zero-order valence-electron chi connectivity index (χ0n) is 8.25. The van der Waals surface area contributed by atoms with E-state index >= 15 is 0 Å². The standard InChI is InChI=1S/C11H13FO2/c1-3-8-4-5-9(12)6-10(8)7(2)11(13)14/h4-7H,3H2,1-2H3,(H,13,14). The Balaban J connectivity index is 3.16. The fraction of sp³-hybridized carbons (Fsp3) is 0.364. The molecule has 1 aromatic carbocycles. The Morgan fingerprint density at radius 3 is 2.71 bits per heavy atom. The lowest BCUT2D eigenvalue weighted by molar-refractivity contribution is -0.138. The molecule has 0 radical (unpaired) electrons. The molecule has 1 rings (SSSR count). The molecule has 1 atom stereocenters. The molecule has 0 aliphatic rings. The Kier molecular flexibility index (Phi) is 3.23. The summed E-state index contributed by atoms with van der Waals surface area (Å²) < 4.78 is 12.9. The van der Waals surface area contributed by atoms with Crippen LogP contribution in [0.3, 0.4) is 0 Å². The number of carbonyl (C=O) groups is 1. The van der Waals surface area contributed by atoms with Crippen LogP contribution in [0.1, 0.15) is 30.9 Å². The van der Waals surface area contributed by atoms with Crippen LogP contribution in [0, 0.1) is 5.82 Å². The number of carboxylic acids is 1. The molecule has 14 heavy (non-hydrogen) atoms. The highest BCUT2D eigenvalue weighted by Crippen LogP contribution is 2.21. The zero-order chi connectivity index (χ0) is 10.7. The van der Waals surface area contributed by atoms with Crippen molar-refractivity contribution in [2.75, 3.05) is 0 Å². The molecule has 0 aliphatic heterocycles. The molecule has 0 aromatic heterocycles. The number of hydrogen-bond donors (Lipinski definition) is 1. The summed E-state index contributed by atoms with van der Waals surface area (Å²) in [6.45, 7) is 3.49. The fourth-order valence-electron chi connectivity index (χ4n) is 1.42. The van der Waals surface area contributed by atoms with Crippen LogP contribution >= 0.6 is 0 Å². The average Bonchev–Trinajstić information content (AvgIpc) is 2.16. The number of aryl methyl sites for hydroxylation is 1. The van der Waals surface area contributed by atoms with E-state index < -0.39 is 11.9 Å². The minimum absolute atomic E-state index is 0.384. The highest BCUT2D eigenvalue weighted by atomic mass is 19.1. The van der Waals surface area contributed by atoms with E-state index in [2.05, 4.69) is 0 Å². The van der Waals surface area contributed by atoms with Crippen LogP contribution in [0.4, 0.5) is 4.39 Å². The van der Waals surface area contributed by atoms with Crippen molar-refractivity contribution in [2.24, 2.45) is 0 Å². The third-order valence-electron chi connectivity index (χ3n) is 2.33. The Morgan fingerprint density at radius 1 is 1.57 bits per heavy atom. The van der Waals surface area contributed by atoms with E-state index in [0.717, 1.165) is 5.56 Å². The largest absolute Gasteiger partial charge is 0.481 e. The van der Waals surface area contributed by atoms with Gasteiger partial charge in [0, 0.05) is 0 Å². The van der Waals surface area contributed by atoms with Crippen molar-refractivity contribution >= 4 is 5.97 Å². The van der Waals surface area contributed by atoms with Gasteiger partial charge in [-0.2, -0.15) is 0 Å². The lowest BCUT2D eigenvalue weighted by Crippen LogP contribution is -2.10. The topological polar surface area (TPSA) is 37.3 Å². The van der Waals surface area contributed by atoms with Crippen LogP contribution in [0.25, 0.3) is 0 Å². The molecule has 2 nitrogen and oxygen atoms in total. The zero-order valence-corrected chi connectivity index (χ0v) is 8.25. The Morgan fingerprint density at radius 2 is 2.21 bits per heavy atom. The molecule has 0 bridgehead atoms. The van der Waals surface area contributed by atoms with Gasteiger partial charge >= 0.3 is 5.97 Å². The average molecular weight is 196 g/mol. The van der Waals surface area contributed by atoms with Crippen molar-refractivity contribution in [3.05, 3.63) is 35.1 Å². The van der Waals surface area contributed by atoms with Gasteiger partial charge in [-0.05, 0) is 36.6 Å². The molecule has 1 aromatic rings. The van der Waals surface area contributed by atoms with Gasteiger partial charge in [0.25, 0.3) is 0 Å². The molecule has 0 saturated carbocycles. The summed E-state index contributed by atoms with van der Waals surface area (Å²) in [5.74, 6) is -1.96. The monoisotopic (exact) mass is 196 g/mol. The van der Waals surface area contributed by atoms with Crippen molar-refractivity contribution in [1.29, 1.82) is 0 Å². The van der Waals surface area contributed by atoms with E-state index in [0.29, 0.717) is 12.0 Å². The maximum atomic E-state index is 12.9. The number of carboxylic acid groups (broad SMARTS) is 1. The van der Waals surface area contributed by atoms with E-state index in [1.165, 1.54) is 12.1 Å². The molecule has 0 saturated heterocycles.